The molecule has 0 aliphatic rings. The maximum absolute atomic E-state index is 12.6. The van der Waals surface area contributed by atoms with Crippen LogP contribution in [0.15, 0.2) is 12.3 Å². The van der Waals surface area contributed by atoms with Gasteiger partial charge < -0.3 is 5.32 Å². The van der Waals surface area contributed by atoms with Crippen molar-refractivity contribution in [2.45, 2.75) is 46.1 Å². The van der Waals surface area contributed by atoms with E-state index in [1.807, 2.05) is 25.5 Å². The highest BCUT2D eigenvalue weighted by atomic mass is 19.4. The number of nitrogens with one attached hydrogen (secondary N) is 1. The number of hydrogen-bond acceptors (Lipinski definition) is 3. The van der Waals surface area contributed by atoms with Gasteiger partial charge in [0, 0.05) is 37.4 Å². The summed E-state index contributed by atoms with van der Waals surface area (Å²) in [7, 11) is 1.51. The molecule has 8 heteroatoms. The van der Waals surface area contributed by atoms with Crippen molar-refractivity contribution in [3.05, 3.63) is 34.9 Å². The second-order valence-electron chi connectivity index (χ2n) is 5.25. The van der Waals surface area contributed by atoms with E-state index in [2.05, 4.69) is 15.5 Å². The Bertz CT molecular complexity index is 641. The summed E-state index contributed by atoms with van der Waals surface area (Å²) >= 11 is 0. The second-order valence-corrected chi connectivity index (χ2v) is 5.25. The van der Waals surface area contributed by atoms with Crippen LogP contribution in [0.4, 0.5) is 13.2 Å². The normalized spacial score (nSPS) is 13.6. The zero-order valence-corrected chi connectivity index (χ0v) is 13.1. The first kappa shape index (κ1) is 16.5. The van der Waals surface area contributed by atoms with Gasteiger partial charge in [-0.25, -0.2) is 0 Å². The minimum absolute atomic E-state index is 0.00969. The Labute approximate surface area is 127 Å². The molecule has 0 bridgehead atoms. The second kappa shape index (κ2) is 6.12. The van der Waals surface area contributed by atoms with Crippen LogP contribution in [0, 0.1) is 6.92 Å². The van der Waals surface area contributed by atoms with Gasteiger partial charge in [0.2, 0.25) is 0 Å². The molecule has 22 heavy (non-hydrogen) atoms. The van der Waals surface area contributed by atoms with E-state index in [0.717, 1.165) is 23.9 Å². The van der Waals surface area contributed by atoms with Crippen molar-refractivity contribution in [2.24, 2.45) is 7.05 Å². The van der Waals surface area contributed by atoms with Crippen molar-refractivity contribution in [3.8, 4) is 0 Å². The van der Waals surface area contributed by atoms with Gasteiger partial charge in [0.25, 0.3) is 0 Å². The molecule has 0 amide bonds. The van der Waals surface area contributed by atoms with Crippen molar-refractivity contribution in [1.29, 1.82) is 0 Å². The molecule has 1 N–H and O–H groups in total. The molecule has 2 heterocycles. The highest BCUT2D eigenvalue weighted by Crippen LogP contribution is 2.28. The largest absolute Gasteiger partial charge is 0.435 e. The number of hydrogen-bond donors (Lipinski definition) is 1. The molecule has 1 atom stereocenters. The predicted molar refractivity (Wildman–Crippen MR) is 76.1 cm³/mol. The number of aromatic nitrogens is 4. The summed E-state index contributed by atoms with van der Waals surface area (Å²) in [5, 5.41) is 11.0. The van der Waals surface area contributed by atoms with E-state index in [4.69, 9.17) is 0 Å². The van der Waals surface area contributed by atoms with Crippen molar-refractivity contribution < 1.29 is 13.2 Å². The standard InChI is InChI=1S/C14H20F3N5/c1-5-22-10(3)12(8-19-22)9(2)18-7-11-6-13(14(15,16)17)20-21(11)4/h6,8-9,18H,5,7H2,1-4H3. The van der Waals surface area contributed by atoms with Crippen LogP contribution in [0.2, 0.25) is 0 Å². The highest BCUT2D eigenvalue weighted by Gasteiger charge is 2.34. The molecule has 0 aliphatic heterocycles. The summed E-state index contributed by atoms with van der Waals surface area (Å²) in [4.78, 5) is 0. The molecule has 0 aromatic carbocycles. The molecule has 2 aromatic heterocycles. The lowest BCUT2D eigenvalue weighted by molar-refractivity contribution is -0.141. The zero-order chi connectivity index (χ0) is 16.5. The van der Waals surface area contributed by atoms with E-state index >= 15 is 0 Å². The van der Waals surface area contributed by atoms with Crippen molar-refractivity contribution in [2.75, 3.05) is 0 Å². The third kappa shape index (κ3) is 3.32. The van der Waals surface area contributed by atoms with Crippen molar-refractivity contribution >= 4 is 0 Å². The topological polar surface area (TPSA) is 47.7 Å². The van der Waals surface area contributed by atoms with Gasteiger partial charge in [-0.15, -0.1) is 0 Å². The van der Waals surface area contributed by atoms with Gasteiger partial charge in [0.05, 0.1) is 11.9 Å². The molecule has 0 fully saturated rings. The fourth-order valence-corrected chi connectivity index (χ4v) is 2.38. The summed E-state index contributed by atoms with van der Waals surface area (Å²) in [5.74, 6) is 0. The van der Waals surface area contributed by atoms with Crippen molar-refractivity contribution in [1.82, 2.24) is 24.9 Å². The third-order valence-electron chi connectivity index (χ3n) is 3.76. The van der Waals surface area contributed by atoms with Crippen LogP contribution in [0.25, 0.3) is 0 Å². The van der Waals surface area contributed by atoms with Crippen LogP contribution >= 0.6 is 0 Å². The first-order chi connectivity index (χ1) is 10.2. The molecule has 1 unspecified atom stereocenters. The molecular weight excluding hydrogens is 295 g/mol. The minimum atomic E-state index is -4.42. The molecule has 0 radical (unpaired) electrons. The maximum Gasteiger partial charge on any atom is 0.435 e. The molecule has 2 rings (SSSR count). The summed E-state index contributed by atoms with van der Waals surface area (Å²) in [6.07, 6.45) is -2.62. The smallest absolute Gasteiger partial charge is 0.304 e. The molecule has 0 saturated carbocycles. The van der Waals surface area contributed by atoms with E-state index in [-0.39, 0.29) is 6.04 Å². The lowest BCUT2D eigenvalue weighted by Gasteiger charge is -2.14. The van der Waals surface area contributed by atoms with Crippen LogP contribution in [-0.2, 0) is 26.3 Å². The predicted octanol–water partition coefficient (Wildman–Crippen LogP) is 2.81. The van der Waals surface area contributed by atoms with E-state index in [9.17, 15) is 13.2 Å². The minimum Gasteiger partial charge on any atom is -0.304 e. The van der Waals surface area contributed by atoms with Gasteiger partial charge in [-0.3, -0.25) is 9.36 Å². The summed E-state index contributed by atoms with van der Waals surface area (Å²) in [6, 6.07) is 1.06. The van der Waals surface area contributed by atoms with Gasteiger partial charge in [0.1, 0.15) is 0 Å². The zero-order valence-electron chi connectivity index (χ0n) is 13.1. The molecule has 122 valence electrons. The fourth-order valence-electron chi connectivity index (χ4n) is 2.38. The Morgan fingerprint density at radius 1 is 1.36 bits per heavy atom. The molecule has 2 aromatic rings. The SMILES string of the molecule is CCn1ncc(C(C)NCc2cc(C(F)(F)F)nn2C)c1C. The van der Waals surface area contributed by atoms with E-state index < -0.39 is 11.9 Å². The molecular formula is C14H20F3N5. The van der Waals surface area contributed by atoms with Crippen LogP contribution in [0.1, 0.15) is 42.5 Å². The van der Waals surface area contributed by atoms with Gasteiger partial charge in [-0.05, 0) is 26.8 Å². The number of rotatable bonds is 5. The van der Waals surface area contributed by atoms with E-state index in [1.54, 1.807) is 6.20 Å². The third-order valence-corrected chi connectivity index (χ3v) is 3.76. The van der Waals surface area contributed by atoms with Crippen LogP contribution < -0.4 is 5.32 Å². The Morgan fingerprint density at radius 2 is 2.05 bits per heavy atom. The Balaban J connectivity index is 2.06. The number of alkyl halides is 3. The molecule has 0 saturated heterocycles. The summed E-state index contributed by atoms with van der Waals surface area (Å²) in [5.41, 5.74) is 1.72. The monoisotopic (exact) mass is 315 g/mol. The lowest BCUT2D eigenvalue weighted by atomic mass is 10.1. The summed E-state index contributed by atoms with van der Waals surface area (Å²) in [6.45, 7) is 7.05. The fraction of sp³-hybridized carbons (Fsp3) is 0.571. The van der Waals surface area contributed by atoms with E-state index in [1.165, 1.54) is 11.7 Å². The van der Waals surface area contributed by atoms with Gasteiger partial charge >= 0.3 is 6.18 Å². The average Bonchev–Trinajstić information content (AvgIpc) is 2.99. The van der Waals surface area contributed by atoms with Crippen LogP contribution in [0.5, 0.6) is 0 Å². The Morgan fingerprint density at radius 3 is 2.55 bits per heavy atom. The molecule has 0 spiro atoms. The first-order valence-corrected chi connectivity index (χ1v) is 7.09. The van der Waals surface area contributed by atoms with Crippen LogP contribution in [0.3, 0.4) is 0 Å². The highest BCUT2D eigenvalue weighted by molar-refractivity contribution is 5.20. The van der Waals surface area contributed by atoms with Gasteiger partial charge in [-0.2, -0.15) is 23.4 Å². The maximum atomic E-state index is 12.6. The van der Waals surface area contributed by atoms with Gasteiger partial charge in [-0.1, -0.05) is 0 Å². The van der Waals surface area contributed by atoms with Crippen LogP contribution in [-0.4, -0.2) is 19.6 Å². The molecule has 0 aliphatic carbocycles. The quantitative estimate of drug-likeness (QED) is 0.923. The van der Waals surface area contributed by atoms with Crippen molar-refractivity contribution in [3.63, 3.8) is 0 Å². The number of aryl methyl sites for hydroxylation is 2. The Hall–Kier alpha value is -1.83. The average molecular weight is 315 g/mol. The number of halogens is 3. The lowest BCUT2D eigenvalue weighted by Crippen LogP contribution is -2.20. The Kier molecular flexibility index (Phi) is 4.60. The van der Waals surface area contributed by atoms with Gasteiger partial charge in [0.15, 0.2) is 5.69 Å². The first-order valence-electron chi connectivity index (χ1n) is 7.09. The molecule has 5 nitrogen and oxygen atoms in total. The van der Waals surface area contributed by atoms with E-state index in [0.29, 0.717) is 12.2 Å². The summed E-state index contributed by atoms with van der Waals surface area (Å²) < 4.78 is 41.0. The number of nitrogens with zero attached hydrogens (tertiary/aromatic N) is 4.